The first-order valence-electron chi connectivity index (χ1n) is 6.88. The van der Waals surface area contributed by atoms with Crippen LogP contribution in [0.25, 0.3) is 0 Å². The second-order valence-electron chi connectivity index (χ2n) is 5.43. The van der Waals surface area contributed by atoms with Crippen LogP contribution in [0.5, 0.6) is 0 Å². The summed E-state index contributed by atoms with van der Waals surface area (Å²) in [6, 6.07) is 3.70. The highest BCUT2D eigenvalue weighted by atomic mass is 19.2. The van der Waals surface area contributed by atoms with Gasteiger partial charge in [-0.25, -0.2) is 8.78 Å². The van der Waals surface area contributed by atoms with Crippen molar-refractivity contribution in [1.82, 2.24) is 4.90 Å². The number of hydrogen-bond acceptors (Lipinski definition) is 2. The van der Waals surface area contributed by atoms with Gasteiger partial charge in [0.05, 0.1) is 12.6 Å². The Bertz CT molecular complexity index is 493. The number of nitrogens with zero attached hydrogens (tertiary/aromatic N) is 1. The van der Waals surface area contributed by atoms with Gasteiger partial charge in [-0.2, -0.15) is 0 Å². The van der Waals surface area contributed by atoms with Crippen LogP contribution in [0.15, 0.2) is 18.2 Å². The summed E-state index contributed by atoms with van der Waals surface area (Å²) in [7, 11) is 0. The number of carbonyl (C=O) groups excluding carboxylic acids is 1. The summed E-state index contributed by atoms with van der Waals surface area (Å²) in [6.45, 7) is 2.64. The molecule has 0 bridgehead atoms. The molecule has 2 atom stereocenters. The third-order valence-electron chi connectivity index (χ3n) is 3.83. The normalized spacial score (nSPS) is 21.7. The molecule has 1 fully saturated rings. The van der Waals surface area contributed by atoms with Gasteiger partial charge in [0.25, 0.3) is 0 Å². The average molecular weight is 283 g/mol. The number of benzene rings is 1. The summed E-state index contributed by atoms with van der Waals surface area (Å²) >= 11 is 0. The molecule has 2 rings (SSSR count). The number of aliphatic hydroxyl groups excluding tert-OH is 1. The zero-order valence-electron chi connectivity index (χ0n) is 11.5. The van der Waals surface area contributed by atoms with E-state index in [-0.39, 0.29) is 18.0 Å². The fourth-order valence-electron chi connectivity index (χ4n) is 2.45. The maximum absolute atomic E-state index is 13.6. The van der Waals surface area contributed by atoms with Crippen LogP contribution in [0.3, 0.4) is 0 Å². The van der Waals surface area contributed by atoms with Crippen molar-refractivity contribution in [3.05, 3.63) is 35.4 Å². The molecule has 20 heavy (non-hydrogen) atoms. The van der Waals surface area contributed by atoms with Gasteiger partial charge in [-0.1, -0.05) is 19.1 Å². The summed E-state index contributed by atoms with van der Waals surface area (Å²) in [5.74, 6) is -1.61. The average Bonchev–Trinajstić information content (AvgIpc) is 2.57. The van der Waals surface area contributed by atoms with Crippen LogP contribution in [0.1, 0.15) is 37.9 Å². The van der Waals surface area contributed by atoms with Gasteiger partial charge in [-0.3, -0.25) is 4.79 Å². The zero-order valence-corrected chi connectivity index (χ0v) is 11.5. The Morgan fingerprint density at radius 1 is 1.40 bits per heavy atom. The van der Waals surface area contributed by atoms with Crippen molar-refractivity contribution in [2.24, 2.45) is 5.92 Å². The number of amides is 1. The Kier molecular flexibility index (Phi) is 4.70. The van der Waals surface area contributed by atoms with E-state index >= 15 is 0 Å². The molecule has 1 aromatic rings. The van der Waals surface area contributed by atoms with Gasteiger partial charge in [0.1, 0.15) is 0 Å². The van der Waals surface area contributed by atoms with Crippen LogP contribution < -0.4 is 0 Å². The lowest BCUT2D eigenvalue weighted by atomic mass is 10.0. The number of halogens is 2. The van der Waals surface area contributed by atoms with E-state index < -0.39 is 17.7 Å². The minimum absolute atomic E-state index is 0.00588. The summed E-state index contributed by atoms with van der Waals surface area (Å²) in [5.41, 5.74) is -0.102. The molecule has 0 spiro atoms. The Hall–Kier alpha value is -1.49. The highest BCUT2D eigenvalue weighted by Crippen LogP contribution is 2.23. The van der Waals surface area contributed by atoms with Crippen molar-refractivity contribution < 1.29 is 18.7 Å². The van der Waals surface area contributed by atoms with Gasteiger partial charge >= 0.3 is 0 Å². The summed E-state index contributed by atoms with van der Waals surface area (Å²) in [4.78, 5) is 13.5. The van der Waals surface area contributed by atoms with Crippen molar-refractivity contribution in [2.45, 2.75) is 32.3 Å². The topological polar surface area (TPSA) is 40.5 Å². The van der Waals surface area contributed by atoms with Crippen molar-refractivity contribution >= 4 is 5.91 Å². The first kappa shape index (κ1) is 14.9. The second-order valence-corrected chi connectivity index (χ2v) is 5.43. The van der Waals surface area contributed by atoms with E-state index in [1.54, 1.807) is 4.90 Å². The van der Waals surface area contributed by atoms with Crippen LogP contribution in [0, 0.1) is 17.6 Å². The van der Waals surface area contributed by atoms with Gasteiger partial charge in [-0.05, 0) is 24.8 Å². The smallest absolute Gasteiger partial charge is 0.222 e. The molecule has 1 aliphatic rings. The van der Waals surface area contributed by atoms with Crippen LogP contribution >= 0.6 is 0 Å². The highest BCUT2D eigenvalue weighted by molar-refractivity contribution is 5.76. The van der Waals surface area contributed by atoms with E-state index in [1.165, 1.54) is 12.1 Å². The minimum Gasteiger partial charge on any atom is -0.386 e. The molecule has 0 radical (unpaired) electrons. The molecular formula is C15H19F2NO2. The zero-order chi connectivity index (χ0) is 14.7. The maximum atomic E-state index is 13.6. The number of rotatable bonds is 3. The predicted molar refractivity (Wildman–Crippen MR) is 70.9 cm³/mol. The van der Waals surface area contributed by atoms with Gasteiger partial charge in [0.2, 0.25) is 5.91 Å². The number of aliphatic hydroxyl groups is 1. The first-order chi connectivity index (χ1) is 9.49. The van der Waals surface area contributed by atoms with Gasteiger partial charge in [0.15, 0.2) is 11.6 Å². The quantitative estimate of drug-likeness (QED) is 0.926. The van der Waals surface area contributed by atoms with Crippen LogP contribution in [-0.2, 0) is 4.79 Å². The van der Waals surface area contributed by atoms with Crippen LogP contribution in [0.4, 0.5) is 8.78 Å². The Labute approximate surface area is 117 Å². The summed E-state index contributed by atoms with van der Waals surface area (Å²) in [6.07, 6.45) is 0.937. The lowest BCUT2D eigenvalue weighted by Crippen LogP contribution is -2.34. The third-order valence-corrected chi connectivity index (χ3v) is 3.83. The lowest BCUT2D eigenvalue weighted by Gasteiger charge is -2.24. The predicted octanol–water partition coefficient (Wildman–Crippen LogP) is 2.65. The molecule has 110 valence electrons. The molecule has 5 heteroatoms. The number of β-amino-alcohol motifs (C(OH)–C–C–N with tert-alkyl or cyclic N) is 1. The lowest BCUT2D eigenvalue weighted by molar-refractivity contribution is -0.132. The monoisotopic (exact) mass is 283 g/mol. The van der Waals surface area contributed by atoms with E-state index in [2.05, 4.69) is 6.92 Å². The standard InChI is InChI=1S/C15H19F2NO2/c1-10-5-6-14(20)18(8-7-10)9-13(19)11-3-2-4-12(16)15(11)17/h2-4,10,13,19H,5-9H2,1H3. The Morgan fingerprint density at radius 2 is 2.15 bits per heavy atom. The summed E-state index contributed by atoms with van der Waals surface area (Å²) < 4.78 is 26.8. The fourth-order valence-corrected chi connectivity index (χ4v) is 2.45. The van der Waals surface area contributed by atoms with E-state index in [9.17, 15) is 18.7 Å². The van der Waals surface area contributed by atoms with E-state index in [0.29, 0.717) is 18.9 Å². The largest absolute Gasteiger partial charge is 0.386 e. The molecule has 1 saturated heterocycles. The molecule has 1 N–H and O–H groups in total. The van der Waals surface area contributed by atoms with Crippen LogP contribution in [0.2, 0.25) is 0 Å². The van der Waals surface area contributed by atoms with Crippen molar-refractivity contribution in [1.29, 1.82) is 0 Å². The van der Waals surface area contributed by atoms with Gasteiger partial charge < -0.3 is 10.0 Å². The number of carbonyl (C=O) groups is 1. The van der Waals surface area contributed by atoms with Crippen molar-refractivity contribution in [3.63, 3.8) is 0 Å². The fraction of sp³-hybridized carbons (Fsp3) is 0.533. The molecule has 3 nitrogen and oxygen atoms in total. The molecule has 1 amide bonds. The van der Waals surface area contributed by atoms with E-state index in [0.717, 1.165) is 18.9 Å². The molecule has 0 aromatic heterocycles. The first-order valence-corrected chi connectivity index (χ1v) is 6.88. The Balaban J connectivity index is 2.08. The van der Waals surface area contributed by atoms with Crippen molar-refractivity contribution in [2.75, 3.05) is 13.1 Å². The van der Waals surface area contributed by atoms with E-state index in [4.69, 9.17) is 0 Å². The van der Waals surface area contributed by atoms with Gasteiger partial charge in [0, 0.05) is 18.5 Å². The van der Waals surface area contributed by atoms with Crippen LogP contribution in [-0.4, -0.2) is 29.0 Å². The van der Waals surface area contributed by atoms with Crippen molar-refractivity contribution in [3.8, 4) is 0 Å². The Morgan fingerprint density at radius 3 is 2.90 bits per heavy atom. The molecular weight excluding hydrogens is 264 g/mol. The highest BCUT2D eigenvalue weighted by Gasteiger charge is 2.24. The molecule has 1 heterocycles. The molecule has 1 aliphatic heterocycles. The SMILES string of the molecule is CC1CCC(=O)N(CC(O)c2cccc(F)c2F)CC1. The molecule has 2 unspecified atom stereocenters. The summed E-state index contributed by atoms with van der Waals surface area (Å²) in [5, 5.41) is 10.1. The number of likely N-dealkylation sites (tertiary alicyclic amines) is 1. The minimum atomic E-state index is -1.21. The van der Waals surface area contributed by atoms with Gasteiger partial charge in [-0.15, -0.1) is 0 Å². The maximum Gasteiger partial charge on any atom is 0.222 e. The third kappa shape index (κ3) is 3.33. The molecule has 0 aliphatic carbocycles. The van der Waals surface area contributed by atoms with E-state index in [1.807, 2.05) is 0 Å². The second kappa shape index (κ2) is 6.31. The molecule has 0 saturated carbocycles. The molecule has 1 aromatic carbocycles. The number of hydrogen-bond donors (Lipinski definition) is 1.